The lowest BCUT2D eigenvalue weighted by Gasteiger charge is -2.15. The number of benzene rings is 1. The van der Waals surface area contributed by atoms with Crippen molar-refractivity contribution in [1.82, 2.24) is 10.0 Å². The molecule has 2 aliphatic rings. The number of sulfonamides is 1. The number of rotatable bonds is 7. The minimum atomic E-state index is -3.40. The molecule has 0 heterocycles. The van der Waals surface area contributed by atoms with Gasteiger partial charge in [0, 0.05) is 18.1 Å². The minimum absolute atomic E-state index is 0.227. The molecule has 0 spiro atoms. The van der Waals surface area contributed by atoms with Crippen LogP contribution in [0.5, 0.6) is 0 Å². The van der Waals surface area contributed by atoms with Crippen LogP contribution in [0.3, 0.4) is 0 Å². The Balaban J connectivity index is 1.82. The van der Waals surface area contributed by atoms with Crippen molar-refractivity contribution < 1.29 is 8.42 Å². The summed E-state index contributed by atoms with van der Waals surface area (Å²) in [6.07, 6.45) is 5.25. The van der Waals surface area contributed by atoms with Gasteiger partial charge in [-0.05, 0) is 62.3 Å². The first-order valence-corrected chi connectivity index (χ1v) is 9.29. The molecule has 1 aromatic carbocycles. The average molecular weight is 308 g/mol. The van der Waals surface area contributed by atoms with Gasteiger partial charge in [0.05, 0.1) is 4.90 Å². The summed E-state index contributed by atoms with van der Waals surface area (Å²) in [4.78, 5) is 0.389. The van der Waals surface area contributed by atoms with E-state index in [1.54, 1.807) is 6.07 Å². The summed E-state index contributed by atoms with van der Waals surface area (Å²) in [6, 6.07) is 6.14. The molecular weight excluding hydrogens is 284 g/mol. The molecule has 1 aromatic rings. The van der Waals surface area contributed by atoms with Crippen molar-refractivity contribution in [2.45, 2.75) is 69.0 Å². The van der Waals surface area contributed by atoms with E-state index in [9.17, 15) is 8.42 Å². The van der Waals surface area contributed by atoms with Gasteiger partial charge < -0.3 is 5.32 Å². The zero-order valence-electron chi connectivity index (χ0n) is 12.8. The summed E-state index contributed by atoms with van der Waals surface area (Å²) >= 11 is 0. The van der Waals surface area contributed by atoms with Gasteiger partial charge in [0.15, 0.2) is 0 Å². The molecule has 2 fully saturated rings. The van der Waals surface area contributed by atoms with Crippen LogP contribution in [0.4, 0.5) is 0 Å². The monoisotopic (exact) mass is 308 g/mol. The molecule has 0 aliphatic heterocycles. The Labute approximate surface area is 127 Å². The first-order chi connectivity index (χ1) is 9.92. The fraction of sp³-hybridized carbons (Fsp3) is 0.625. The van der Waals surface area contributed by atoms with Crippen LogP contribution >= 0.6 is 0 Å². The van der Waals surface area contributed by atoms with Crippen LogP contribution in [0.15, 0.2) is 23.1 Å². The predicted octanol–water partition coefficient (Wildman–Crippen LogP) is 2.33. The summed E-state index contributed by atoms with van der Waals surface area (Å²) in [5, 5.41) is 3.47. The van der Waals surface area contributed by atoms with Gasteiger partial charge in [0.1, 0.15) is 0 Å². The Morgan fingerprint density at radius 2 is 1.95 bits per heavy atom. The highest BCUT2D eigenvalue weighted by molar-refractivity contribution is 7.89. The third-order valence-corrected chi connectivity index (χ3v) is 6.04. The van der Waals surface area contributed by atoms with Gasteiger partial charge in [-0.2, -0.15) is 0 Å². The average Bonchev–Trinajstić information content (AvgIpc) is 3.34. The molecule has 5 heteroatoms. The van der Waals surface area contributed by atoms with E-state index in [0.29, 0.717) is 10.9 Å². The Morgan fingerprint density at radius 1 is 1.24 bits per heavy atom. The summed E-state index contributed by atoms with van der Waals surface area (Å²) in [5.74, 6) is 0. The fourth-order valence-electron chi connectivity index (χ4n) is 2.49. The lowest BCUT2D eigenvalue weighted by atomic mass is 10.1. The molecule has 0 unspecified atom stereocenters. The third kappa shape index (κ3) is 3.65. The van der Waals surface area contributed by atoms with Crippen molar-refractivity contribution >= 4 is 10.0 Å². The van der Waals surface area contributed by atoms with Crippen molar-refractivity contribution in [3.63, 3.8) is 0 Å². The Bertz CT molecular complexity index is 632. The summed E-state index contributed by atoms with van der Waals surface area (Å²) in [5.41, 5.74) is 2.10. The number of hydrogen-bond donors (Lipinski definition) is 2. The predicted molar refractivity (Wildman–Crippen MR) is 83.6 cm³/mol. The smallest absolute Gasteiger partial charge is 0.241 e. The number of hydrogen-bond acceptors (Lipinski definition) is 3. The summed E-state index contributed by atoms with van der Waals surface area (Å²) in [7, 11) is -3.40. The normalized spacial score (nSPS) is 20.5. The van der Waals surface area contributed by atoms with E-state index < -0.39 is 10.0 Å². The molecule has 2 saturated carbocycles. The maximum atomic E-state index is 12.5. The van der Waals surface area contributed by atoms with E-state index in [1.165, 1.54) is 18.4 Å². The Morgan fingerprint density at radius 3 is 2.52 bits per heavy atom. The van der Waals surface area contributed by atoms with Crippen LogP contribution < -0.4 is 10.0 Å². The SMILES string of the molecule is CCc1ccc(S(=O)(=O)NC2(C)CC2)cc1CNC1CC1. The minimum Gasteiger partial charge on any atom is -0.310 e. The van der Waals surface area contributed by atoms with Crippen molar-refractivity contribution in [3.05, 3.63) is 29.3 Å². The van der Waals surface area contributed by atoms with Gasteiger partial charge in [-0.15, -0.1) is 0 Å². The van der Waals surface area contributed by atoms with E-state index in [1.807, 2.05) is 19.1 Å². The topological polar surface area (TPSA) is 58.2 Å². The van der Waals surface area contributed by atoms with Gasteiger partial charge in [-0.3, -0.25) is 0 Å². The Hall–Kier alpha value is -0.910. The van der Waals surface area contributed by atoms with E-state index in [2.05, 4.69) is 17.0 Å². The summed E-state index contributed by atoms with van der Waals surface area (Å²) in [6.45, 7) is 4.82. The van der Waals surface area contributed by atoms with Gasteiger partial charge in [0.25, 0.3) is 0 Å². The molecule has 2 aliphatic carbocycles. The van der Waals surface area contributed by atoms with Crippen LogP contribution in [0.2, 0.25) is 0 Å². The maximum absolute atomic E-state index is 12.5. The first-order valence-electron chi connectivity index (χ1n) is 7.81. The van der Waals surface area contributed by atoms with Crippen LogP contribution in [0.25, 0.3) is 0 Å². The summed E-state index contributed by atoms with van der Waals surface area (Å²) < 4.78 is 27.7. The van der Waals surface area contributed by atoms with Crippen LogP contribution in [-0.4, -0.2) is 20.0 Å². The highest BCUT2D eigenvalue weighted by atomic mass is 32.2. The molecule has 4 nitrogen and oxygen atoms in total. The van der Waals surface area contributed by atoms with Crippen molar-refractivity contribution in [2.24, 2.45) is 0 Å². The Kier molecular flexibility index (Phi) is 3.84. The highest BCUT2D eigenvalue weighted by Gasteiger charge is 2.41. The van der Waals surface area contributed by atoms with Gasteiger partial charge in [-0.25, -0.2) is 13.1 Å². The number of aryl methyl sites for hydroxylation is 1. The molecule has 3 rings (SSSR count). The third-order valence-electron chi connectivity index (χ3n) is 4.41. The molecule has 0 aromatic heterocycles. The molecular formula is C16H24N2O2S. The van der Waals surface area contributed by atoms with Gasteiger partial charge in [0.2, 0.25) is 10.0 Å². The quantitative estimate of drug-likeness (QED) is 0.813. The second-order valence-electron chi connectivity index (χ2n) is 6.61. The van der Waals surface area contributed by atoms with E-state index >= 15 is 0 Å². The van der Waals surface area contributed by atoms with Gasteiger partial charge in [-0.1, -0.05) is 13.0 Å². The lowest BCUT2D eigenvalue weighted by Crippen LogP contribution is -2.34. The van der Waals surface area contributed by atoms with Crippen molar-refractivity contribution in [3.8, 4) is 0 Å². The second kappa shape index (κ2) is 5.38. The zero-order valence-corrected chi connectivity index (χ0v) is 13.6. The van der Waals surface area contributed by atoms with E-state index in [4.69, 9.17) is 0 Å². The van der Waals surface area contributed by atoms with Crippen molar-refractivity contribution in [1.29, 1.82) is 0 Å². The zero-order chi connectivity index (χ0) is 15.1. The number of nitrogens with one attached hydrogen (secondary N) is 2. The van der Waals surface area contributed by atoms with Crippen molar-refractivity contribution in [2.75, 3.05) is 0 Å². The lowest BCUT2D eigenvalue weighted by molar-refractivity contribution is 0.557. The molecule has 0 saturated heterocycles. The fourth-order valence-corrected chi connectivity index (χ4v) is 4.01. The molecule has 0 radical (unpaired) electrons. The highest BCUT2D eigenvalue weighted by Crippen LogP contribution is 2.36. The van der Waals surface area contributed by atoms with Gasteiger partial charge >= 0.3 is 0 Å². The molecule has 116 valence electrons. The maximum Gasteiger partial charge on any atom is 0.241 e. The van der Waals surface area contributed by atoms with Crippen LogP contribution in [-0.2, 0) is 23.0 Å². The molecule has 0 atom stereocenters. The first kappa shape index (κ1) is 15.0. The molecule has 21 heavy (non-hydrogen) atoms. The second-order valence-corrected chi connectivity index (χ2v) is 8.29. The largest absolute Gasteiger partial charge is 0.310 e. The molecule has 0 bridgehead atoms. The van der Waals surface area contributed by atoms with Crippen LogP contribution in [0.1, 0.15) is 50.7 Å². The van der Waals surface area contributed by atoms with Crippen LogP contribution in [0, 0.1) is 0 Å². The van der Waals surface area contributed by atoms with E-state index in [0.717, 1.165) is 31.4 Å². The molecule has 2 N–H and O–H groups in total. The van der Waals surface area contributed by atoms with E-state index in [-0.39, 0.29) is 5.54 Å². The molecule has 0 amide bonds. The standard InChI is InChI=1S/C16H24N2O2S/c1-3-12-4-7-15(10-13(12)11-17-14-5-6-14)21(19,20)18-16(2)8-9-16/h4,7,10,14,17-18H,3,5-6,8-9,11H2,1-2H3.